The minimum Gasteiger partial charge on any atom is -0.497 e. The molecule has 0 saturated heterocycles. The summed E-state index contributed by atoms with van der Waals surface area (Å²) in [6.07, 6.45) is 7.74. The third-order valence-corrected chi connectivity index (χ3v) is 4.66. The Bertz CT molecular complexity index is 867. The molecule has 0 atom stereocenters. The number of hydrogen-bond donors (Lipinski definition) is 0. The van der Waals surface area contributed by atoms with Crippen LogP contribution in [0.5, 0.6) is 11.5 Å². The molecule has 0 aromatic heterocycles. The number of carbonyl (C=O) groups is 1. The maximum atomic E-state index is 12.1. The van der Waals surface area contributed by atoms with Crippen LogP contribution in [0.15, 0.2) is 59.2 Å². The number of methoxy groups -OCH3 is 1. The first-order chi connectivity index (χ1) is 14.2. The van der Waals surface area contributed by atoms with E-state index in [0.717, 1.165) is 29.0 Å². The Hall–Kier alpha value is -3.08. The topological polar surface area (TPSA) is 57.1 Å². The van der Waals surface area contributed by atoms with E-state index in [1.54, 1.807) is 13.2 Å². The van der Waals surface area contributed by atoms with Gasteiger partial charge in [-0.15, -0.1) is 0 Å². The van der Waals surface area contributed by atoms with Gasteiger partial charge in [-0.05, 0) is 54.5 Å². The summed E-state index contributed by atoms with van der Waals surface area (Å²) in [6.45, 7) is 2.93. The van der Waals surface area contributed by atoms with Gasteiger partial charge in [0.2, 0.25) is 5.90 Å². The number of unbranched alkanes of at least 4 members (excludes halogenated alkanes) is 4. The molecule has 1 aliphatic heterocycles. The number of carbonyl (C=O) groups excluding carboxylic acids is 1. The fourth-order valence-corrected chi connectivity index (χ4v) is 2.98. The number of ether oxygens (including phenoxy) is 3. The Morgan fingerprint density at radius 2 is 1.62 bits per heavy atom. The van der Waals surface area contributed by atoms with Crippen molar-refractivity contribution in [2.75, 3.05) is 13.7 Å². The van der Waals surface area contributed by atoms with Crippen LogP contribution in [-0.4, -0.2) is 25.6 Å². The molecule has 2 aromatic rings. The summed E-state index contributed by atoms with van der Waals surface area (Å²) in [5, 5.41) is 0. The van der Waals surface area contributed by atoms with E-state index in [1.807, 2.05) is 48.5 Å². The molecule has 5 nitrogen and oxygen atoms in total. The second-order valence-electron chi connectivity index (χ2n) is 6.90. The van der Waals surface area contributed by atoms with Gasteiger partial charge < -0.3 is 14.2 Å². The lowest BCUT2D eigenvalue weighted by atomic mass is 10.2. The summed E-state index contributed by atoms with van der Waals surface area (Å²) in [5.74, 6) is 1.42. The fourth-order valence-electron chi connectivity index (χ4n) is 2.98. The Labute approximate surface area is 172 Å². The molecular weight excluding hydrogens is 366 g/mol. The van der Waals surface area contributed by atoms with E-state index in [2.05, 4.69) is 11.9 Å². The zero-order valence-corrected chi connectivity index (χ0v) is 17.0. The molecule has 0 fully saturated rings. The summed E-state index contributed by atoms with van der Waals surface area (Å²) in [7, 11) is 1.61. The molecule has 0 amide bonds. The highest BCUT2D eigenvalue weighted by Gasteiger charge is 2.24. The van der Waals surface area contributed by atoms with Crippen LogP contribution in [0.1, 0.15) is 50.2 Å². The summed E-state index contributed by atoms with van der Waals surface area (Å²) >= 11 is 0. The fraction of sp³-hybridized carbons (Fsp3) is 0.333. The van der Waals surface area contributed by atoms with Gasteiger partial charge in [0.25, 0.3) is 0 Å². The van der Waals surface area contributed by atoms with Gasteiger partial charge in [0, 0.05) is 5.56 Å². The predicted molar refractivity (Wildman–Crippen MR) is 114 cm³/mol. The van der Waals surface area contributed by atoms with Gasteiger partial charge in [-0.3, -0.25) is 0 Å². The molecular formula is C24H27NO4. The second kappa shape index (κ2) is 10.5. The molecule has 1 heterocycles. The minimum absolute atomic E-state index is 0.276. The number of nitrogens with zero attached hydrogens (tertiary/aromatic N) is 1. The van der Waals surface area contributed by atoms with Crippen LogP contribution >= 0.6 is 0 Å². The van der Waals surface area contributed by atoms with Crippen LogP contribution in [0.25, 0.3) is 6.08 Å². The number of aliphatic imine (C=N–C) groups is 1. The SMILES string of the molecule is CCCCCCCOc1ccc(C2=NC(=Cc3ccc(OC)cc3)C(=O)O2)cc1. The molecule has 0 bridgehead atoms. The molecule has 1 aliphatic rings. The Morgan fingerprint density at radius 1 is 0.931 bits per heavy atom. The molecule has 0 spiro atoms. The minimum atomic E-state index is -0.455. The smallest absolute Gasteiger partial charge is 0.363 e. The van der Waals surface area contributed by atoms with Crippen LogP contribution in [-0.2, 0) is 9.53 Å². The van der Waals surface area contributed by atoms with Gasteiger partial charge >= 0.3 is 5.97 Å². The van der Waals surface area contributed by atoms with Crippen LogP contribution in [0.4, 0.5) is 0 Å². The lowest BCUT2D eigenvalue weighted by Crippen LogP contribution is -2.05. The molecule has 0 radical (unpaired) electrons. The van der Waals surface area contributed by atoms with Gasteiger partial charge in [0.1, 0.15) is 11.5 Å². The summed E-state index contributed by atoms with van der Waals surface area (Å²) in [6, 6.07) is 14.9. The van der Waals surface area contributed by atoms with Gasteiger partial charge in [0.05, 0.1) is 13.7 Å². The van der Waals surface area contributed by atoms with Crippen molar-refractivity contribution >= 4 is 17.9 Å². The van der Waals surface area contributed by atoms with Crippen LogP contribution in [0.2, 0.25) is 0 Å². The number of benzene rings is 2. The largest absolute Gasteiger partial charge is 0.497 e. The average molecular weight is 393 g/mol. The highest BCUT2D eigenvalue weighted by molar-refractivity contribution is 6.12. The van der Waals surface area contributed by atoms with Crippen molar-refractivity contribution in [2.45, 2.75) is 39.0 Å². The molecule has 0 unspecified atom stereocenters. The number of esters is 1. The zero-order chi connectivity index (χ0) is 20.5. The van der Waals surface area contributed by atoms with E-state index in [-0.39, 0.29) is 5.70 Å². The number of hydrogen-bond acceptors (Lipinski definition) is 5. The maximum Gasteiger partial charge on any atom is 0.363 e. The normalized spacial score (nSPS) is 14.6. The molecule has 29 heavy (non-hydrogen) atoms. The number of cyclic esters (lactones) is 1. The third-order valence-electron chi connectivity index (χ3n) is 4.66. The number of rotatable bonds is 10. The average Bonchev–Trinajstić information content (AvgIpc) is 3.12. The van der Waals surface area contributed by atoms with Crippen LogP contribution in [0.3, 0.4) is 0 Å². The predicted octanol–water partition coefficient (Wildman–Crippen LogP) is 5.39. The molecule has 0 aliphatic carbocycles. The van der Waals surface area contributed by atoms with Crippen molar-refractivity contribution < 1.29 is 19.0 Å². The lowest BCUT2D eigenvalue weighted by Gasteiger charge is -2.07. The first-order valence-electron chi connectivity index (χ1n) is 10.1. The molecule has 3 rings (SSSR count). The van der Waals surface area contributed by atoms with E-state index in [1.165, 1.54) is 25.7 Å². The van der Waals surface area contributed by atoms with Crippen molar-refractivity contribution in [3.05, 3.63) is 65.4 Å². The second-order valence-corrected chi connectivity index (χ2v) is 6.90. The molecule has 0 N–H and O–H groups in total. The van der Waals surface area contributed by atoms with E-state index in [0.29, 0.717) is 12.5 Å². The molecule has 0 saturated carbocycles. The highest BCUT2D eigenvalue weighted by atomic mass is 16.6. The first kappa shape index (κ1) is 20.6. The molecule has 152 valence electrons. The standard InChI is InChI=1S/C24H27NO4/c1-3-4-5-6-7-16-28-21-14-10-19(11-15-21)23-25-22(24(26)29-23)17-18-8-12-20(27-2)13-9-18/h8-15,17H,3-7,16H2,1-2H3. The Morgan fingerprint density at radius 3 is 2.31 bits per heavy atom. The third kappa shape index (κ3) is 5.95. The van der Waals surface area contributed by atoms with E-state index >= 15 is 0 Å². The van der Waals surface area contributed by atoms with Crippen LogP contribution in [0, 0.1) is 0 Å². The van der Waals surface area contributed by atoms with E-state index < -0.39 is 5.97 Å². The summed E-state index contributed by atoms with van der Waals surface area (Å²) < 4.78 is 16.2. The van der Waals surface area contributed by atoms with Crippen LogP contribution < -0.4 is 9.47 Å². The quantitative estimate of drug-likeness (QED) is 0.309. The van der Waals surface area contributed by atoms with Crippen molar-refractivity contribution in [3.63, 3.8) is 0 Å². The monoisotopic (exact) mass is 393 g/mol. The van der Waals surface area contributed by atoms with Crippen molar-refractivity contribution in [1.29, 1.82) is 0 Å². The highest BCUT2D eigenvalue weighted by Crippen LogP contribution is 2.22. The van der Waals surface area contributed by atoms with Gasteiger partial charge in [-0.2, -0.15) is 0 Å². The summed E-state index contributed by atoms with van der Waals surface area (Å²) in [4.78, 5) is 16.5. The maximum absolute atomic E-state index is 12.1. The summed E-state index contributed by atoms with van der Waals surface area (Å²) in [5.41, 5.74) is 1.87. The van der Waals surface area contributed by atoms with Gasteiger partial charge in [-0.25, -0.2) is 9.79 Å². The lowest BCUT2D eigenvalue weighted by molar-refractivity contribution is -0.129. The molecule has 2 aromatic carbocycles. The Balaban J connectivity index is 1.59. The first-order valence-corrected chi connectivity index (χ1v) is 10.1. The van der Waals surface area contributed by atoms with Crippen molar-refractivity contribution in [2.24, 2.45) is 4.99 Å². The van der Waals surface area contributed by atoms with Gasteiger partial charge in [-0.1, -0.05) is 44.7 Å². The van der Waals surface area contributed by atoms with Crippen molar-refractivity contribution in [3.8, 4) is 11.5 Å². The molecule has 5 heteroatoms. The van der Waals surface area contributed by atoms with E-state index in [9.17, 15) is 4.79 Å². The van der Waals surface area contributed by atoms with Gasteiger partial charge in [0.15, 0.2) is 5.70 Å². The van der Waals surface area contributed by atoms with Crippen molar-refractivity contribution in [1.82, 2.24) is 0 Å². The van der Waals surface area contributed by atoms with E-state index in [4.69, 9.17) is 14.2 Å². The Kier molecular flexibility index (Phi) is 7.45. The zero-order valence-electron chi connectivity index (χ0n) is 17.0.